The summed E-state index contributed by atoms with van der Waals surface area (Å²) in [6.45, 7) is 0.749. The molecule has 3 heterocycles. The van der Waals surface area contributed by atoms with Crippen molar-refractivity contribution in [3.05, 3.63) is 103 Å². The van der Waals surface area contributed by atoms with Crippen molar-refractivity contribution in [1.29, 1.82) is 0 Å². The molecule has 0 atom stereocenters. The molecule has 5 aromatic rings. The Kier molecular flexibility index (Phi) is 4.84. The van der Waals surface area contributed by atoms with E-state index in [0.717, 1.165) is 46.0 Å². The number of hydrogen-bond donors (Lipinski definition) is 1. The maximum Gasteiger partial charge on any atom is 0.117 e. The molecule has 0 aliphatic carbocycles. The molecule has 5 rings (SSSR count). The van der Waals surface area contributed by atoms with Crippen LogP contribution in [0.15, 0.2) is 97.3 Å². The van der Waals surface area contributed by atoms with Gasteiger partial charge in [0.05, 0.1) is 22.4 Å². The highest BCUT2D eigenvalue weighted by molar-refractivity contribution is 5.86. The lowest BCUT2D eigenvalue weighted by atomic mass is 10.1. The number of rotatable bonds is 5. The van der Waals surface area contributed by atoms with Crippen molar-refractivity contribution in [1.82, 2.24) is 19.9 Å². The number of benzene rings is 2. The first-order valence-corrected chi connectivity index (χ1v) is 9.79. The molecule has 3 aromatic heterocycles. The number of nitrogens with zero attached hydrogens (tertiary/aromatic N) is 4. The first-order chi connectivity index (χ1) is 14.9. The summed E-state index contributed by atoms with van der Waals surface area (Å²) in [6, 6.07) is 27.9. The van der Waals surface area contributed by atoms with Crippen LogP contribution in [0.5, 0.6) is 0 Å². The van der Waals surface area contributed by atoms with Gasteiger partial charge in [-0.2, -0.15) is 0 Å². The van der Waals surface area contributed by atoms with Gasteiger partial charge >= 0.3 is 0 Å². The van der Waals surface area contributed by atoms with Gasteiger partial charge in [-0.3, -0.25) is 9.97 Å². The Hall–Kier alpha value is -4.12. The molecule has 1 N–H and O–H groups in total. The van der Waals surface area contributed by atoms with E-state index in [1.165, 1.54) is 5.56 Å². The second-order valence-electron chi connectivity index (χ2n) is 6.89. The van der Waals surface area contributed by atoms with E-state index in [1.807, 2.05) is 72.8 Å². The summed E-state index contributed by atoms with van der Waals surface area (Å²) in [5.74, 6) is 0. The van der Waals surface area contributed by atoms with E-state index in [0.29, 0.717) is 0 Å². The first kappa shape index (κ1) is 17.9. The minimum absolute atomic E-state index is 0.724. The fourth-order valence-electron chi connectivity index (χ4n) is 3.33. The van der Waals surface area contributed by atoms with Crippen molar-refractivity contribution in [2.24, 2.45) is 0 Å². The zero-order valence-corrected chi connectivity index (χ0v) is 16.2. The summed E-state index contributed by atoms with van der Waals surface area (Å²) in [6.07, 6.45) is 3.53. The Morgan fingerprint density at radius 2 is 1.23 bits per heavy atom. The van der Waals surface area contributed by atoms with Gasteiger partial charge in [-0.1, -0.05) is 42.5 Å². The predicted octanol–water partition coefficient (Wildman–Crippen LogP) is 5.37. The molecule has 0 bridgehead atoms. The van der Waals surface area contributed by atoms with Crippen LogP contribution in [0.1, 0.15) is 5.56 Å². The van der Waals surface area contributed by atoms with Crippen LogP contribution in [0.2, 0.25) is 0 Å². The number of aromatic nitrogens is 4. The third kappa shape index (κ3) is 3.73. The Morgan fingerprint density at radius 1 is 0.600 bits per heavy atom. The molecule has 0 spiro atoms. The monoisotopic (exact) mass is 389 g/mol. The second-order valence-corrected chi connectivity index (χ2v) is 6.89. The van der Waals surface area contributed by atoms with Gasteiger partial charge in [0.2, 0.25) is 0 Å². The molecule has 0 amide bonds. The van der Waals surface area contributed by atoms with E-state index < -0.39 is 0 Å². The molecule has 5 heteroatoms. The zero-order valence-electron chi connectivity index (χ0n) is 16.2. The van der Waals surface area contributed by atoms with Crippen LogP contribution in [0, 0.1) is 0 Å². The van der Waals surface area contributed by atoms with E-state index in [4.69, 9.17) is 9.97 Å². The Bertz CT molecular complexity index is 1270. The van der Waals surface area contributed by atoms with E-state index in [2.05, 4.69) is 27.4 Å². The average Bonchev–Trinajstić information content (AvgIpc) is 2.83. The summed E-state index contributed by atoms with van der Waals surface area (Å²) in [7, 11) is 0. The first-order valence-electron chi connectivity index (χ1n) is 9.79. The molecule has 0 fully saturated rings. The number of pyridine rings is 2. The van der Waals surface area contributed by atoms with Crippen LogP contribution >= 0.6 is 0 Å². The van der Waals surface area contributed by atoms with Gasteiger partial charge in [-0.05, 0) is 48.0 Å². The van der Waals surface area contributed by atoms with Crippen LogP contribution in [0.4, 0.5) is 5.69 Å². The molecule has 5 nitrogen and oxygen atoms in total. The highest BCUT2D eigenvalue weighted by atomic mass is 14.9. The lowest BCUT2D eigenvalue weighted by molar-refractivity contribution is 1.15. The number of fused-ring (bicyclic) bond motifs is 1. The van der Waals surface area contributed by atoms with Gasteiger partial charge in [-0.25, -0.2) is 9.97 Å². The maximum absolute atomic E-state index is 4.93. The van der Waals surface area contributed by atoms with E-state index in [9.17, 15) is 0 Å². The Morgan fingerprint density at radius 3 is 1.87 bits per heavy atom. The second kappa shape index (κ2) is 8.09. The van der Waals surface area contributed by atoms with Crippen LogP contribution < -0.4 is 5.32 Å². The lowest BCUT2D eigenvalue weighted by Gasteiger charge is -2.11. The van der Waals surface area contributed by atoms with Crippen molar-refractivity contribution in [3.8, 4) is 22.8 Å². The van der Waals surface area contributed by atoms with E-state index in [1.54, 1.807) is 12.4 Å². The van der Waals surface area contributed by atoms with Crippen molar-refractivity contribution >= 4 is 16.7 Å². The van der Waals surface area contributed by atoms with Gasteiger partial charge < -0.3 is 5.32 Å². The van der Waals surface area contributed by atoms with Gasteiger partial charge in [0, 0.05) is 24.6 Å². The van der Waals surface area contributed by atoms with Gasteiger partial charge in [0.15, 0.2) is 0 Å². The largest absolute Gasteiger partial charge is 0.381 e. The van der Waals surface area contributed by atoms with E-state index in [-0.39, 0.29) is 0 Å². The quantitative estimate of drug-likeness (QED) is 0.438. The summed E-state index contributed by atoms with van der Waals surface area (Å²) in [4.78, 5) is 18.8. The summed E-state index contributed by atoms with van der Waals surface area (Å²) in [5.41, 5.74) is 6.86. The molecule has 0 radical (unpaired) electrons. The molecular weight excluding hydrogens is 370 g/mol. The fraction of sp³-hybridized carbons (Fsp3) is 0.0400. The van der Waals surface area contributed by atoms with Crippen molar-refractivity contribution in [2.45, 2.75) is 6.54 Å². The highest BCUT2D eigenvalue weighted by Gasteiger charge is 2.15. The molecule has 0 unspecified atom stereocenters. The Balaban J connectivity index is 1.57. The molecule has 0 saturated carbocycles. The van der Waals surface area contributed by atoms with Gasteiger partial charge in [-0.15, -0.1) is 0 Å². The molecule has 144 valence electrons. The predicted molar refractivity (Wildman–Crippen MR) is 120 cm³/mol. The number of hydrogen-bond acceptors (Lipinski definition) is 5. The molecule has 2 aromatic carbocycles. The third-order valence-electron chi connectivity index (χ3n) is 4.82. The normalized spacial score (nSPS) is 10.8. The van der Waals surface area contributed by atoms with Crippen molar-refractivity contribution in [3.63, 3.8) is 0 Å². The topological polar surface area (TPSA) is 63.6 Å². The number of anilines is 1. The van der Waals surface area contributed by atoms with Crippen LogP contribution in [-0.4, -0.2) is 19.9 Å². The summed E-state index contributed by atoms with van der Waals surface area (Å²) in [5, 5.41) is 3.46. The van der Waals surface area contributed by atoms with Crippen LogP contribution in [-0.2, 0) is 6.54 Å². The molecule has 0 aliphatic heterocycles. The van der Waals surface area contributed by atoms with Crippen LogP contribution in [0.25, 0.3) is 33.8 Å². The zero-order chi connectivity index (χ0) is 20.2. The smallest absolute Gasteiger partial charge is 0.117 e. The maximum atomic E-state index is 4.93. The average molecular weight is 389 g/mol. The number of nitrogens with one attached hydrogen (secondary N) is 1. The van der Waals surface area contributed by atoms with Crippen molar-refractivity contribution < 1.29 is 0 Å². The van der Waals surface area contributed by atoms with Gasteiger partial charge in [0.1, 0.15) is 11.4 Å². The third-order valence-corrected chi connectivity index (χ3v) is 4.82. The highest BCUT2D eigenvalue weighted by Crippen LogP contribution is 2.29. The SMILES string of the molecule is c1ccc(CNc2ccc3nc(-c4ccccn4)c(-c4ccccn4)nc3c2)cc1. The molecule has 30 heavy (non-hydrogen) atoms. The lowest BCUT2D eigenvalue weighted by Crippen LogP contribution is -2.01. The molecule has 0 aliphatic rings. The Labute approximate surface area is 174 Å². The van der Waals surface area contributed by atoms with Crippen LogP contribution in [0.3, 0.4) is 0 Å². The minimum atomic E-state index is 0.724. The summed E-state index contributed by atoms with van der Waals surface area (Å²) < 4.78 is 0. The molecule has 0 saturated heterocycles. The van der Waals surface area contributed by atoms with Gasteiger partial charge in [0.25, 0.3) is 0 Å². The fourth-order valence-corrected chi connectivity index (χ4v) is 3.33. The minimum Gasteiger partial charge on any atom is -0.381 e. The standard InChI is InChI=1S/C25H19N5/c1-2-8-18(9-3-1)17-28-19-12-13-20-23(16-19)30-25(22-11-5-7-15-27-22)24(29-20)21-10-4-6-14-26-21/h1-16,28H,17H2. The van der Waals surface area contributed by atoms with E-state index >= 15 is 0 Å². The molecular formula is C25H19N5. The van der Waals surface area contributed by atoms with Crippen molar-refractivity contribution in [2.75, 3.05) is 5.32 Å². The summed E-state index contributed by atoms with van der Waals surface area (Å²) >= 11 is 0.